The minimum atomic E-state index is -0.385. The summed E-state index contributed by atoms with van der Waals surface area (Å²) in [5, 5.41) is 23.8. The van der Waals surface area contributed by atoms with Gasteiger partial charge in [-0.25, -0.2) is 0 Å². The number of carbonyl (C=O) groups is 2. The van der Waals surface area contributed by atoms with Crippen molar-refractivity contribution in [2.24, 2.45) is 0 Å². The van der Waals surface area contributed by atoms with Crippen molar-refractivity contribution in [3.8, 4) is 11.4 Å². The van der Waals surface area contributed by atoms with Gasteiger partial charge >= 0.3 is 0 Å². The lowest BCUT2D eigenvalue weighted by atomic mass is 10.2. The van der Waals surface area contributed by atoms with E-state index >= 15 is 0 Å². The lowest BCUT2D eigenvalue weighted by Crippen LogP contribution is -2.25. The van der Waals surface area contributed by atoms with Crippen molar-refractivity contribution in [1.29, 1.82) is 0 Å². The van der Waals surface area contributed by atoms with Crippen LogP contribution in [0.15, 0.2) is 52.0 Å². The Balaban J connectivity index is 1.50. The number of nitrogens with one attached hydrogen (secondary N) is 2. The zero-order chi connectivity index (χ0) is 27.8. The largest absolute Gasteiger partial charge is 0.494 e. The monoisotopic (exact) mass is 623 g/mol. The third-order valence-electron chi connectivity index (χ3n) is 4.94. The van der Waals surface area contributed by atoms with Gasteiger partial charge in [0.1, 0.15) is 5.75 Å². The van der Waals surface area contributed by atoms with Crippen LogP contribution in [-0.2, 0) is 11.3 Å². The summed E-state index contributed by atoms with van der Waals surface area (Å²) in [6.45, 7) is 4.54. The van der Waals surface area contributed by atoms with Crippen molar-refractivity contribution in [2.75, 3.05) is 23.4 Å². The molecule has 2 aromatic heterocycles. The lowest BCUT2D eigenvalue weighted by molar-refractivity contribution is -0.113. The van der Waals surface area contributed by atoms with Gasteiger partial charge in [0.05, 0.1) is 29.5 Å². The normalized spacial score (nSPS) is 10.9. The van der Waals surface area contributed by atoms with Crippen molar-refractivity contribution in [1.82, 2.24) is 30.3 Å². The van der Waals surface area contributed by atoms with E-state index in [2.05, 4.69) is 31.0 Å². The highest BCUT2D eigenvalue weighted by Gasteiger charge is 2.19. The molecule has 10 nitrogen and oxygen atoms in total. The second-order valence-corrected chi connectivity index (χ2v) is 11.9. The first-order chi connectivity index (χ1) is 18.9. The Bertz CT molecular complexity index is 1450. The van der Waals surface area contributed by atoms with Crippen LogP contribution in [0.25, 0.3) is 5.69 Å². The number of ether oxygens (including phenoxy) is 1. The van der Waals surface area contributed by atoms with Gasteiger partial charge < -0.3 is 10.1 Å². The smallest absolute Gasteiger partial charge is 0.253 e. The van der Waals surface area contributed by atoms with E-state index in [1.54, 1.807) is 28.5 Å². The molecule has 2 N–H and O–H groups in total. The van der Waals surface area contributed by atoms with Gasteiger partial charge in [-0.15, -0.1) is 20.4 Å². The van der Waals surface area contributed by atoms with Crippen molar-refractivity contribution in [3.63, 3.8) is 0 Å². The first kappa shape index (κ1) is 29.2. The molecular weight excluding hydrogens is 601 g/mol. The highest BCUT2D eigenvalue weighted by Crippen LogP contribution is 2.27. The molecule has 4 aromatic rings. The minimum absolute atomic E-state index is 0.0629. The SMILES string of the molecule is CCOc1ccc(-n2c(CNC(=O)c3ccc(Cl)cc3Cl)nnc2SCC(=O)Nc2nnc(SCC)s2)cc1. The maximum atomic E-state index is 12.8. The Hall–Kier alpha value is -2.84. The topological polar surface area (TPSA) is 124 Å². The van der Waals surface area contributed by atoms with E-state index in [1.807, 2.05) is 38.1 Å². The van der Waals surface area contributed by atoms with Crippen LogP contribution < -0.4 is 15.4 Å². The van der Waals surface area contributed by atoms with E-state index in [9.17, 15) is 9.59 Å². The number of amides is 2. The summed E-state index contributed by atoms with van der Waals surface area (Å²) in [5.41, 5.74) is 1.03. The number of carbonyl (C=O) groups excluding carboxylic acids is 2. The lowest BCUT2D eigenvalue weighted by Gasteiger charge is -2.12. The Morgan fingerprint density at radius 2 is 1.82 bits per heavy atom. The summed E-state index contributed by atoms with van der Waals surface area (Å²) >= 11 is 16.2. The second kappa shape index (κ2) is 14.0. The van der Waals surface area contributed by atoms with Gasteiger partial charge in [-0.2, -0.15) is 0 Å². The Morgan fingerprint density at radius 3 is 2.54 bits per heavy atom. The number of thioether (sulfide) groups is 2. The Morgan fingerprint density at radius 1 is 1.03 bits per heavy atom. The zero-order valence-electron chi connectivity index (χ0n) is 20.8. The molecule has 2 aromatic carbocycles. The van der Waals surface area contributed by atoms with Crippen LogP contribution in [0.1, 0.15) is 30.0 Å². The molecule has 0 saturated heterocycles. The van der Waals surface area contributed by atoms with Gasteiger partial charge in [0.25, 0.3) is 5.91 Å². The standard InChI is InChI=1S/C24H23Cl2N7O3S3/c1-3-36-16-8-6-15(7-9-16)33-19(12-27-21(35)17-10-5-14(25)11-18(17)26)29-31-23(33)38-13-20(34)28-22-30-32-24(39-22)37-4-2/h5-11H,3-4,12-13H2,1-2H3,(H,27,35)(H,28,30,34). The fourth-order valence-electron chi connectivity index (χ4n) is 3.28. The van der Waals surface area contributed by atoms with Gasteiger partial charge in [-0.3, -0.25) is 19.5 Å². The van der Waals surface area contributed by atoms with Gasteiger partial charge in [0, 0.05) is 10.7 Å². The highest BCUT2D eigenvalue weighted by atomic mass is 35.5. The van der Waals surface area contributed by atoms with Crippen molar-refractivity contribution >= 4 is 75.0 Å². The van der Waals surface area contributed by atoms with Gasteiger partial charge in [-0.05, 0) is 55.1 Å². The number of rotatable bonds is 12. The van der Waals surface area contributed by atoms with Crippen molar-refractivity contribution < 1.29 is 14.3 Å². The predicted octanol–water partition coefficient (Wildman–Crippen LogP) is 5.60. The molecule has 15 heteroatoms. The first-order valence-electron chi connectivity index (χ1n) is 11.7. The second-order valence-electron chi connectivity index (χ2n) is 7.61. The highest BCUT2D eigenvalue weighted by molar-refractivity contribution is 8.01. The van der Waals surface area contributed by atoms with Crippen LogP contribution in [0, 0.1) is 0 Å². The van der Waals surface area contributed by atoms with Crippen LogP contribution in [0.5, 0.6) is 5.75 Å². The van der Waals surface area contributed by atoms with E-state index < -0.39 is 0 Å². The zero-order valence-corrected chi connectivity index (χ0v) is 24.8. The summed E-state index contributed by atoms with van der Waals surface area (Å²) in [4.78, 5) is 25.4. The summed E-state index contributed by atoms with van der Waals surface area (Å²) in [7, 11) is 0. The molecule has 0 saturated carbocycles. The molecular formula is C24H23Cl2N7O3S3. The molecule has 0 spiro atoms. The minimum Gasteiger partial charge on any atom is -0.494 e. The molecule has 39 heavy (non-hydrogen) atoms. The predicted molar refractivity (Wildman–Crippen MR) is 156 cm³/mol. The molecule has 2 amide bonds. The molecule has 4 rings (SSSR count). The average Bonchev–Trinajstić information content (AvgIpc) is 3.53. The van der Waals surface area contributed by atoms with E-state index in [0.717, 1.165) is 15.8 Å². The molecule has 0 aliphatic heterocycles. The maximum Gasteiger partial charge on any atom is 0.253 e. The molecule has 2 heterocycles. The number of hydrogen-bond donors (Lipinski definition) is 2. The first-order valence-corrected chi connectivity index (χ1v) is 15.2. The Kier molecular flexibility index (Phi) is 10.5. The van der Waals surface area contributed by atoms with Gasteiger partial charge in [-0.1, -0.05) is 65.0 Å². The van der Waals surface area contributed by atoms with Crippen LogP contribution >= 0.6 is 58.1 Å². The van der Waals surface area contributed by atoms with Crippen LogP contribution in [0.2, 0.25) is 10.0 Å². The molecule has 0 aliphatic rings. The molecule has 0 aliphatic carbocycles. The molecule has 0 unspecified atom stereocenters. The number of anilines is 1. The molecule has 0 bridgehead atoms. The van der Waals surface area contributed by atoms with E-state index in [-0.39, 0.29) is 34.7 Å². The number of halogens is 2. The summed E-state index contributed by atoms with van der Waals surface area (Å²) < 4.78 is 8.12. The number of nitrogens with zero attached hydrogens (tertiary/aromatic N) is 5. The van der Waals surface area contributed by atoms with E-state index in [4.69, 9.17) is 27.9 Å². The van der Waals surface area contributed by atoms with Crippen LogP contribution in [0.4, 0.5) is 5.13 Å². The fourth-order valence-corrected chi connectivity index (χ4v) is 6.21. The number of benzene rings is 2. The van der Waals surface area contributed by atoms with Gasteiger partial charge in [0.2, 0.25) is 11.0 Å². The Labute approximate surface area is 247 Å². The fraction of sp³-hybridized carbons (Fsp3) is 0.250. The molecule has 0 fully saturated rings. The third kappa shape index (κ3) is 7.85. The van der Waals surface area contributed by atoms with Crippen molar-refractivity contribution in [2.45, 2.75) is 29.9 Å². The number of hydrogen-bond acceptors (Lipinski definition) is 10. The third-order valence-corrected chi connectivity index (χ3v) is 8.27. The van der Waals surface area contributed by atoms with E-state index in [1.165, 1.54) is 29.2 Å². The van der Waals surface area contributed by atoms with Crippen molar-refractivity contribution in [3.05, 3.63) is 63.9 Å². The quantitative estimate of drug-likeness (QED) is 0.153. The van der Waals surface area contributed by atoms with Crippen LogP contribution in [0.3, 0.4) is 0 Å². The summed E-state index contributed by atoms with van der Waals surface area (Å²) in [6.07, 6.45) is 0. The molecule has 0 atom stereocenters. The average molecular weight is 625 g/mol. The number of aromatic nitrogens is 5. The summed E-state index contributed by atoms with van der Waals surface area (Å²) in [5.74, 6) is 1.48. The van der Waals surface area contributed by atoms with Gasteiger partial charge in [0.15, 0.2) is 15.3 Å². The molecule has 204 valence electrons. The molecule has 0 radical (unpaired) electrons. The maximum absolute atomic E-state index is 12.8. The van der Waals surface area contributed by atoms with E-state index in [0.29, 0.717) is 33.5 Å². The van der Waals surface area contributed by atoms with Crippen LogP contribution in [-0.4, -0.2) is 54.9 Å². The summed E-state index contributed by atoms with van der Waals surface area (Å²) in [6, 6.07) is 12.0.